The first-order chi connectivity index (χ1) is 12.1. The lowest BCUT2D eigenvalue weighted by molar-refractivity contribution is -0.131. The van der Waals surface area contributed by atoms with Crippen molar-refractivity contribution in [2.75, 3.05) is 37.3 Å². The van der Waals surface area contributed by atoms with Gasteiger partial charge >= 0.3 is 0 Å². The average Bonchev–Trinajstić information content (AvgIpc) is 3.15. The molecule has 25 heavy (non-hydrogen) atoms. The molecule has 1 aliphatic rings. The molecule has 0 bridgehead atoms. The maximum Gasteiger partial charge on any atom is 0.254 e. The van der Waals surface area contributed by atoms with E-state index in [1.807, 2.05) is 23.5 Å². The van der Waals surface area contributed by atoms with Gasteiger partial charge in [0.2, 0.25) is 5.91 Å². The molecule has 2 aromatic rings. The van der Waals surface area contributed by atoms with Crippen molar-refractivity contribution in [3.05, 3.63) is 33.2 Å². The van der Waals surface area contributed by atoms with Crippen LogP contribution in [0, 0.1) is 6.92 Å². The molecule has 0 unspecified atom stereocenters. The topological polar surface area (TPSA) is 82.2 Å². The third-order valence-corrected chi connectivity index (χ3v) is 5.72. The number of piperazine rings is 1. The number of thiazole rings is 1. The monoisotopic (exact) mass is 379 g/mol. The maximum atomic E-state index is 12.5. The van der Waals surface area contributed by atoms with E-state index in [4.69, 9.17) is 0 Å². The Morgan fingerprint density at radius 1 is 1.36 bits per heavy atom. The molecule has 0 saturated carbocycles. The highest BCUT2D eigenvalue weighted by molar-refractivity contribution is 7.98. The lowest BCUT2D eigenvalue weighted by Gasteiger charge is -2.34. The van der Waals surface area contributed by atoms with Gasteiger partial charge in [0.05, 0.1) is 0 Å². The average molecular weight is 380 g/mol. The number of nitrogens with one attached hydrogen (secondary N) is 1. The maximum absolute atomic E-state index is 12.5. The van der Waals surface area contributed by atoms with Crippen LogP contribution in [-0.2, 0) is 11.2 Å². The van der Waals surface area contributed by atoms with Gasteiger partial charge < -0.3 is 14.8 Å². The van der Waals surface area contributed by atoms with Gasteiger partial charge in [0.15, 0.2) is 10.3 Å². The van der Waals surface area contributed by atoms with Crippen molar-refractivity contribution in [3.63, 3.8) is 0 Å². The molecule has 0 aliphatic carbocycles. The molecule has 2 aromatic heterocycles. The summed E-state index contributed by atoms with van der Waals surface area (Å²) in [5.41, 5.74) is 1.17. The van der Waals surface area contributed by atoms with E-state index in [0.717, 1.165) is 18.2 Å². The van der Waals surface area contributed by atoms with Crippen molar-refractivity contribution in [2.45, 2.75) is 24.9 Å². The van der Waals surface area contributed by atoms with E-state index >= 15 is 0 Å². The number of carbonyl (C=O) groups excluding carboxylic acids is 1. The Bertz CT molecular complexity index is 782. The van der Waals surface area contributed by atoms with Crippen LogP contribution in [0.25, 0.3) is 0 Å². The van der Waals surface area contributed by atoms with Gasteiger partial charge in [-0.15, -0.1) is 11.3 Å². The van der Waals surface area contributed by atoms with Crippen molar-refractivity contribution < 1.29 is 4.79 Å². The van der Waals surface area contributed by atoms with Gasteiger partial charge in [-0.2, -0.15) is 0 Å². The van der Waals surface area contributed by atoms with Gasteiger partial charge in [-0.05, 0) is 19.6 Å². The standard InChI is InChI=1S/C16H21N5O2S2/c1-11-12(14(23)19-15(18-11)24-2)3-4-13(22)20-6-8-21(9-7-20)16-17-5-10-25-16/h5,10H,3-4,6-9H2,1-2H3,(H,18,19,23). The molecule has 0 aromatic carbocycles. The molecule has 1 N–H and O–H groups in total. The van der Waals surface area contributed by atoms with E-state index in [1.54, 1.807) is 17.5 Å². The number of anilines is 1. The number of aromatic amines is 1. The molecule has 1 fully saturated rings. The minimum absolute atomic E-state index is 0.0894. The van der Waals surface area contributed by atoms with Crippen LogP contribution in [0.2, 0.25) is 0 Å². The van der Waals surface area contributed by atoms with Crippen molar-refractivity contribution in [1.82, 2.24) is 19.9 Å². The van der Waals surface area contributed by atoms with Crippen LogP contribution < -0.4 is 10.5 Å². The summed E-state index contributed by atoms with van der Waals surface area (Å²) in [6.07, 6.45) is 4.43. The van der Waals surface area contributed by atoms with Gasteiger partial charge in [0.1, 0.15) is 0 Å². The van der Waals surface area contributed by atoms with E-state index in [-0.39, 0.29) is 11.5 Å². The quantitative estimate of drug-likeness (QED) is 0.627. The van der Waals surface area contributed by atoms with Crippen LogP contribution in [0.4, 0.5) is 5.13 Å². The molecule has 0 spiro atoms. The highest BCUT2D eigenvalue weighted by Crippen LogP contribution is 2.19. The second kappa shape index (κ2) is 8.01. The predicted octanol–water partition coefficient (Wildman–Crippen LogP) is 1.54. The van der Waals surface area contributed by atoms with Crippen LogP contribution in [0.1, 0.15) is 17.7 Å². The first-order valence-electron chi connectivity index (χ1n) is 8.14. The zero-order valence-corrected chi connectivity index (χ0v) is 16.0. The molecular weight excluding hydrogens is 358 g/mol. The predicted molar refractivity (Wildman–Crippen MR) is 101 cm³/mol. The fourth-order valence-electron chi connectivity index (χ4n) is 2.89. The van der Waals surface area contributed by atoms with E-state index in [2.05, 4.69) is 19.9 Å². The molecule has 0 radical (unpaired) electrons. The van der Waals surface area contributed by atoms with E-state index < -0.39 is 0 Å². The number of carbonyl (C=O) groups is 1. The minimum Gasteiger partial charge on any atom is -0.345 e. The smallest absolute Gasteiger partial charge is 0.254 e. The van der Waals surface area contributed by atoms with E-state index in [9.17, 15) is 9.59 Å². The molecule has 1 saturated heterocycles. The summed E-state index contributed by atoms with van der Waals surface area (Å²) in [6.45, 7) is 4.79. The molecule has 3 rings (SSSR count). The Hall–Kier alpha value is -1.87. The Morgan fingerprint density at radius 3 is 2.72 bits per heavy atom. The summed E-state index contributed by atoms with van der Waals surface area (Å²) >= 11 is 3.02. The van der Waals surface area contributed by atoms with Gasteiger partial charge in [-0.1, -0.05) is 11.8 Å². The van der Waals surface area contributed by atoms with Crippen LogP contribution in [0.3, 0.4) is 0 Å². The van der Waals surface area contributed by atoms with Crippen molar-refractivity contribution >= 4 is 34.1 Å². The molecule has 9 heteroatoms. The summed E-state index contributed by atoms with van der Waals surface area (Å²) < 4.78 is 0. The van der Waals surface area contributed by atoms with Gasteiger partial charge in [-0.3, -0.25) is 9.59 Å². The van der Waals surface area contributed by atoms with Gasteiger partial charge in [0.25, 0.3) is 5.56 Å². The van der Waals surface area contributed by atoms with Crippen LogP contribution >= 0.6 is 23.1 Å². The molecule has 1 aliphatic heterocycles. The van der Waals surface area contributed by atoms with Crippen molar-refractivity contribution in [2.24, 2.45) is 0 Å². The zero-order valence-electron chi connectivity index (χ0n) is 14.3. The normalized spacial score (nSPS) is 14.8. The first-order valence-corrected chi connectivity index (χ1v) is 10.2. The minimum atomic E-state index is -0.141. The summed E-state index contributed by atoms with van der Waals surface area (Å²) in [5, 5.41) is 3.58. The summed E-state index contributed by atoms with van der Waals surface area (Å²) in [7, 11) is 0. The summed E-state index contributed by atoms with van der Waals surface area (Å²) in [5.74, 6) is 0.0894. The summed E-state index contributed by atoms with van der Waals surface area (Å²) in [4.78, 5) is 40.1. The van der Waals surface area contributed by atoms with Crippen LogP contribution in [0.5, 0.6) is 0 Å². The lowest BCUT2D eigenvalue weighted by atomic mass is 10.1. The number of rotatable bonds is 5. The number of H-pyrrole nitrogens is 1. The van der Waals surface area contributed by atoms with Gasteiger partial charge in [-0.25, -0.2) is 9.97 Å². The highest BCUT2D eigenvalue weighted by Gasteiger charge is 2.22. The van der Waals surface area contributed by atoms with Crippen LogP contribution in [0.15, 0.2) is 21.5 Å². The Labute approximate surface area is 154 Å². The molecule has 134 valence electrons. The molecule has 1 amide bonds. The zero-order chi connectivity index (χ0) is 17.8. The Balaban J connectivity index is 1.55. The third-order valence-electron chi connectivity index (χ3n) is 4.30. The second-order valence-electron chi connectivity index (χ2n) is 5.82. The third kappa shape index (κ3) is 4.21. The second-order valence-corrected chi connectivity index (χ2v) is 7.49. The molecule has 7 nitrogen and oxygen atoms in total. The highest BCUT2D eigenvalue weighted by atomic mass is 32.2. The number of nitrogens with zero attached hydrogens (tertiary/aromatic N) is 4. The lowest BCUT2D eigenvalue weighted by Crippen LogP contribution is -2.48. The largest absolute Gasteiger partial charge is 0.345 e. The number of hydrogen-bond donors (Lipinski definition) is 1. The van der Waals surface area contributed by atoms with Crippen molar-refractivity contribution in [1.29, 1.82) is 0 Å². The Morgan fingerprint density at radius 2 is 2.12 bits per heavy atom. The SMILES string of the molecule is CSc1nc(C)c(CCC(=O)N2CCN(c3nccs3)CC2)c(=O)[nH]1. The van der Waals surface area contributed by atoms with Crippen molar-refractivity contribution in [3.8, 4) is 0 Å². The van der Waals surface area contributed by atoms with E-state index in [1.165, 1.54) is 11.8 Å². The number of amides is 1. The van der Waals surface area contributed by atoms with Crippen LogP contribution in [-0.4, -0.2) is 58.2 Å². The first kappa shape index (κ1) is 17.9. The fourth-order valence-corrected chi connectivity index (χ4v) is 4.00. The number of aromatic nitrogens is 3. The fraction of sp³-hybridized carbons (Fsp3) is 0.500. The Kier molecular flexibility index (Phi) is 5.74. The number of hydrogen-bond acceptors (Lipinski definition) is 7. The number of aryl methyl sites for hydroxylation is 1. The molecule has 0 atom stereocenters. The molecular formula is C16H21N5O2S2. The number of thioether (sulfide) groups is 1. The summed E-state index contributed by atoms with van der Waals surface area (Å²) in [6, 6.07) is 0. The molecule has 3 heterocycles. The van der Waals surface area contributed by atoms with Gasteiger partial charge in [0, 0.05) is 55.4 Å². The van der Waals surface area contributed by atoms with E-state index in [0.29, 0.717) is 42.3 Å².